The molecule has 5 heteroatoms. The highest BCUT2D eigenvalue weighted by atomic mass is 16.5. The van der Waals surface area contributed by atoms with Gasteiger partial charge in [-0.05, 0) is 66.8 Å². The van der Waals surface area contributed by atoms with Crippen LogP contribution < -0.4 is 10.5 Å². The average molecular weight is 342 g/mol. The van der Waals surface area contributed by atoms with Crippen molar-refractivity contribution >= 4 is 23.0 Å². The van der Waals surface area contributed by atoms with E-state index in [-0.39, 0.29) is 5.82 Å². The zero-order valence-electron chi connectivity index (χ0n) is 15.1. The maximum Gasteiger partial charge on any atom is 0.142 e. The number of fused-ring (bicyclic) bond motifs is 1. The number of hydrogen-bond donors (Lipinski definition) is 1. The van der Waals surface area contributed by atoms with E-state index in [1.165, 1.54) is 0 Å². The number of aromatic nitrogens is 1. The van der Waals surface area contributed by atoms with E-state index in [0.29, 0.717) is 16.8 Å². The molecule has 0 saturated heterocycles. The first kappa shape index (κ1) is 17.3. The van der Waals surface area contributed by atoms with E-state index < -0.39 is 0 Å². The fourth-order valence-corrected chi connectivity index (χ4v) is 3.35. The van der Waals surface area contributed by atoms with Crippen molar-refractivity contribution in [3.05, 3.63) is 57.3 Å². The van der Waals surface area contributed by atoms with Gasteiger partial charge in [0, 0.05) is 5.56 Å². The predicted octanol–water partition coefficient (Wildman–Crippen LogP) is 4.01. The summed E-state index contributed by atoms with van der Waals surface area (Å²) in [7, 11) is 1.64. The topological polar surface area (TPSA) is 95.7 Å². The summed E-state index contributed by atoms with van der Waals surface area (Å²) in [4.78, 5) is 4.34. The van der Waals surface area contributed by atoms with Gasteiger partial charge in [0.2, 0.25) is 0 Å². The fraction of sp³-hybridized carbons (Fsp3) is 0.190. The summed E-state index contributed by atoms with van der Waals surface area (Å²) in [6.45, 7) is 5.72. The Bertz CT molecular complexity index is 1080. The highest BCUT2D eigenvalue weighted by molar-refractivity contribution is 6.08. The minimum atomic E-state index is 0.158. The number of nitrogen functional groups attached to an aromatic ring is 1. The van der Waals surface area contributed by atoms with Gasteiger partial charge in [-0.1, -0.05) is 6.07 Å². The summed E-state index contributed by atoms with van der Waals surface area (Å²) in [5.74, 6) is 0.979. The standard InChI is InChI=1S/C21H18N4O/c1-11-7-14(5-6-18(11)26-4)8-15-12(2)16(9-22)20-19(15)13(3)17(10-23)21(24)25-20/h5-8H,1-4H3,(H2,24,25)/b15-8-. The highest BCUT2D eigenvalue weighted by Gasteiger charge is 2.29. The molecule has 1 aromatic carbocycles. The van der Waals surface area contributed by atoms with Crippen molar-refractivity contribution in [1.29, 1.82) is 10.5 Å². The second-order valence-electron chi connectivity index (χ2n) is 6.23. The van der Waals surface area contributed by atoms with Gasteiger partial charge in [0.1, 0.15) is 23.7 Å². The van der Waals surface area contributed by atoms with Crippen molar-refractivity contribution in [2.75, 3.05) is 12.8 Å². The van der Waals surface area contributed by atoms with Crippen LogP contribution in [0.15, 0.2) is 23.8 Å². The molecule has 2 N–H and O–H groups in total. The van der Waals surface area contributed by atoms with Crippen molar-refractivity contribution in [3.8, 4) is 17.9 Å². The van der Waals surface area contributed by atoms with Crippen LogP contribution in [0, 0.1) is 36.5 Å². The summed E-state index contributed by atoms with van der Waals surface area (Å²) >= 11 is 0. The molecule has 0 unspecified atom stereocenters. The predicted molar refractivity (Wildman–Crippen MR) is 102 cm³/mol. The van der Waals surface area contributed by atoms with Gasteiger partial charge in [0.25, 0.3) is 0 Å². The molecule has 0 amide bonds. The Morgan fingerprint density at radius 2 is 1.88 bits per heavy atom. The molecule has 0 aliphatic heterocycles. The molecule has 0 spiro atoms. The third-order valence-electron chi connectivity index (χ3n) is 4.71. The number of methoxy groups -OCH3 is 1. The Balaban J connectivity index is 2.28. The van der Waals surface area contributed by atoms with Gasteiger partial charge in [-0.15, -0.1) is 0 Å². The van der Waals surface area contributed by atoms with Crippen LogP contribution in [0.25, 0.3) is 17.2 Å². The first-order chi connectivity index (χ1) is 12.4. The molecule has 3 rings (SSSR count). The third kappa shape index (κ3) is 2.51. The summed E-state index contributed by atoms with van der Waals surface area (Å²) in [5.41, 5.74) is 12.6. The molecule has 1 heterocycles. The van der Waals surface area contributed by atoms with E-state index in [1.807, 2.05) is 45.0 Å². The smallest absolute Gasteiger partial charge is 0.142 e. The van der Waals surface area contributed by atoms with E-state index in [1.54, 1.807) is 7.11 Å². The molecule has 0 bridgehead atoms. The highest BCUT2D eigenvalue weighted by Crippen LogP contribution is 2.44. The Labute approximate surface area is 152 Å². The number of ether oxygens (including phenoxy) is 1. The molecule has 1 aromatic heterocycles. The average Bonchev–Trinajstić information content (AvgIpc) is 2.86. The maximum absolute atomic E-state index is 9.59. The van der Waals surface area contributed by atoms with Gasteiger partial charge in [0.15, 0.2) is 0 Å². The van der Waals surface area contributed by atoms with Crippen LogP contribution in [0.1, 0.15) is 40.4 Å². The lowest BCUT2D eigenvalue weighted by molar-refractivity contribution is 0.411. The SMILES string of the molecule is COc1ccc(/C=C2/C(C)=C(C#N)c3nc(N)c(C#N)c(C)c32)cc1C. The van der Waals surface area contributed by atoms with Crippen LogP contribution in [0.3, 0.4) is 0 Å². The first-order valence-corrected chi connectivity index (χ1v) is 8.11. The molecule has 1 aliphatic rings. The Hall–Kier alpha value is -3.57. The van der Waals surface area contributed by atoms with Crippen LogP contribution in [0.5, 0.6) is 5.75 Å². The minimum Gasteiger partial charge on any atom is -0.496 e. The van der Waals surface area contributed by atoms with Crippen molar-refractivity contribution in [3.63, 3.8) is 0 Å². The number of aryl methyl sites for hydroxylation is 1. The van der Waals surface area contributed by atoms with Gasteiger partial charge in [-0.25, -0.2) is 4.98 Å². The van der Waals surface area contributed by atoms with Crippen molar-refractivity contribution < 1.29 is 4.74 Å². The number of anilines is 1. The summed E-state index contributed by atoms with van der Waals surface area (Å²) in [6.07, 6.45) is 2.01. The number of benzene rings is 1. The fourth-order valence-electron chi connectivity index (χ4n) is 3.35. The zero-order chi connectivity index (χ0) is 19.0. The van der Waals surface area contributed by atoms with Crippen LogP contribution in [0.4, 0.5) is 5.82 Å². The van der Waals surface area contributed by atoms with Gasteiger partial charge in [0.05, 0.1) is 23.9 Å². The zero-order valence-corrected chi connectivity index (χ0v) is 15.1. The van der Waals surface area contributed by atoms with Gasteiger partial charge >= 0.3 is 0 Å². The first-order valence-electron chi connectivity index (χ1n) is 8.11. The Morgan fingerprint density at radius 1 is 1.15 bits per heavy atom. The van der Waals surface area contributed by atoms with Crippen molar-refractivity contribution in [2.45, 2.75) is 20.8 Å². The lowest BCUT2D eigenvalue weighted by atomic mass is 9.95. The van der Waals surface area contributed by atoms with E-state index in [9.17, 15) is 10.5 Å². The molecule has 5 nitrogen and oxygen atoms in total. The molecular formula is C21H18N4O. The molecule has 0 radical (unpaired) electrons. The molecular weight excluding hydrogens is 324 g/mol. The lowest BCUT2D eigenvalue weighted by Crippen LogP contribution is -2.03. The monoisotopic (exact) mass is 342 g/mol. The second-order valence-corrected chi connectivity index (χ2v) is 6.23. The van der Waals surface area contributed by atoms with Gasteiger partial charge < -0.3 is 10.5 Å². The van der Waals surface area contributed by atoms with Crippen LogP contribution in [0.2, 0.25) is 0 Å². The molecule has 2 aromatic rings. The van der Waals surface area contributed by atoms with E-state index >= 15 is 0 Å². The third-order valence-corrected chi connectivity index (χ3v) is 4.71. The van der Waals surface area contributed by atoms with Crippen molar-refractivity contribution in [1.82, 2.24) is 4.98 Å². The van der Waals surface area contributed by atoms with E-state index in [2.05, 4.69) is 17.1 Å². The number of pyridine rings is 1. The number of nitrogens with zero attached hydrogens (tertiary/aromatic N) is 3. The maximum atomic E-state index is 9.59. The van der Waals surface area contributed by atoms with Crippen LogP contribution in [-0.2, 0) is 0 Å². The van der Waals surface area contributed by atoms with Gasteiger partial charge in [-0.3, -0.25) is 0 Å². The van der Waals surface area contributed by atoms with Crippen LogP contribution in [-0.4, -0.2) is 12.1 Å². The molecule has 128 valence electrons. The molecule has 0 fully saturated rings. The summed E-state index contributed by atoms with van der Waals surface area (Å²) in [5, 5.41) is 19.0. The Kier molecular flexibility index (Phi) is 4.24. The second kappa shape index (κ2) is 6.38. The summed E-state index contributed by atoms with van der Waals surface area (Å²) < 4.78 is 5.31. The molecule has 0 saturated carbocycles. The Morgan fingerprint density at radius 3 is 2.46 bits per heavy atom. The number of rotatable bonds is 2. The quantitative estimate of drug-likeness (QED) is 0.889. The number of nitrogens with two attached hydrogens (primary N) is 1. The van der Waals surface area contributed by atoms with Crippen LogP contribution >= 0.6 is 0 Å². The molecule has 1 aliphatic carbocycles. The lowest BCUT2D eigenvalue weighted by Gasteiger charge is -2.11. The minimum absolute atomic E-state index is 0.158. The molecule has 26 heavy (non-hydrogen) atoms. The number of nitriles is 2. The normalized spacial score (nSPS) is 14.2. The number of allylic oxidation sites excluding steroid dienone is 3. The molecule has 0 atom stereocenters. The van der Waals surface area contributed by atoms with E-state index in [0.717, 1.165) is 39.1 Å². The largest absolute Gasteiger partial charge is 0.496 e. The summed E-state index contributed by atoms with van der Waals surface area (Å²) in [6, 6.07) is 10.2. The number of hydrogen-bond acceptors (Lipinski definition) is 5. The van der Waals surface area contributed by atoms with Crippen molar-refractivity contribution in [2.24, 2.45) is 0 Å². The van der Waals surface area contributed by atoms with Gasteiger partial charge in [-0.2, -0.15) is 10.5 Å². The van der Waals surface area contributed by atoms with E-state index in [4.69, 9.17) is 10.5 Å².